The van der Waals surface area contributed by atoms with E-state index in [1.807, 2.05) is 32.2 Å². The Labute approximate surface area is 207 Å². The standard InChI is InChI=1S/C26H27N9O/c1-15(2)26(36)30-17-10-16(12-27-13-17)19-11-18-20(14-29-19)33-34-22(18)25-31-23-21(6-7-28-24(23)32-25)35-8-4-3-5-9-35/h6-7,10-15H,3-5,8-9H2,1-2H3,(H,30,36)(H,33,34)(H,28,31,32). The number of amides is 1. The number of aromatic nitrogens is 7. The number of carbonyl (C=O) groups excluding carboxylic acids is 1. The van der Waals surface area contributed by atoms with E-state index in [4.69, 9.17) is 4.98 Å². The van der Waals surface area contributed by atoms with Gasteiger partial charge in [-0.25, -0.2) is 9.97 Å². The highest BCUT2D eigenvalue weighted by Crippen LogP contribution is 2.32. The Balaban J connectivity index is 1.38. The van der Waals surface area contributed by atoms with Crippen LogP contribution in [0.25, 0.3) is 44.8 Å². The number of anilines is 2. The van der Waals surface area contributed by atoms with Crippen molar-refractivity contribution < 1.29 is 4.79 Å². The zero-order valence-corrected chi connectivity index (χ0v) is 20.2. The summed E-state index contributed by atoms with van der Waals surface area (Å²) in [6.07, 6.45) is 10.6. The third-order valence-corrected chi connectivity index (χ3v) is 6.56. The van der Waals surface area contributed by atoms with Crippen LogP contribution in [0.1, 0.15) is 33.1 Å². The molecule has 6 rings (SSSR count). The molecule has 1 saturated heterocycles. The molecule has 182 valence electrons. The van der Waals surface area contributed by atoms with Crippen LogP contribution in [0.2, 0.25) is 0 Å². The monoisotopic (exact) mass is 481 g/mol. The average Bonchev–Trinajstić information content (AvgIpc) is 3.53. The first-order valence-corrected chi connectivity index (χ1v) is 12.3. The molecular weight excluding hydrogens is 454 g/mol. The Kier molecular flexibility index (Phi) is 5.55. The first kappa shape index (κ1) is 22.1. The molecule has 3 N–H and O–H groups in total. The maximum Gasteiger partial charge on any atom is 0.226 e. The molecule has 1 fully saturated rings. The molecule has 0 saturated carbocycles. The lowest BCUT2D eigenvalue weighted by Crippen LogP contribution is -2.29. The van der Waals surface area contributed by atoms with Crippen molar-refractivity contribution in [1.29, 1.82) is 0 Å². The Hall–Kier alpha value is -4.34. The molecular formula is C26H27N9O. The SMILES string of the molecule is CC(C)C(=O)Nc1cncc(-c2cc3c(-c4nc5nccc(N6CCCCC6)c5[nH]4)n[nH]c3cn2)c1. The highest BCUT2D eigenvalue weighted by atomic mass is 16.1. The van der Waals surface area contributed by atoms with Crippen LogP contribution in [0, 0.1) is 5.92 Å². The molecule has 1 amide bonds. The average molecular weight is 482 g/mol. The zero-order valence-electron chi connectivity index (χ0n) is 20.2. The Morgan fingerprint density at radius 2 is 1.94 bits per heavy atom. The van der Waals surface area contributed by atoms with Crippen molar-refractivity contribution in [2.75, 3.05) is 23.3 Å². The second-order valence-corrected chi connectivity index (χ2v) is 9.46. The Bertz CT molecular complexity index is 1560. The van der Waals surface area contributed by atoms with Gasteiger partial charge in [0, 0.05) is 42.4 Å². The highest BCUT2D eigenvalue weighted by Gasteiger charge is 2.19. The van der Waals surface area contributed by atoms with E-state index < -0.39 is 0 Å². The Morgan fingerprint density at radius 1 is 1.08 bits per heavy atom. The summed E-state index contributed by atoms with van der Waals surface area (Å²) in [6, 6.07) is 5.89. The van der Waals surface area contributed by atoms with Crippen molar-refractivity contribution in [2.24, 2.45) is 5.92 Å². The van der Waals surface area contributed by atoms with Crippen molar-refractivity contribution in [3.8, 4) is 22.8 Å². The van der Waals surface area contributed by atoms with Crippen LogP contribution >= 0.6 is 0 Å². The normalized spacial score (nSPS) is 14.1. The largest absolute Gasteiger partial charge is 0.370 e. The fraction of sp³-hybridized carbons (Fsp3) is 0.308. The molecule has 0 radical (unpaired) electrons. The topological polar surface area (TPSA) is 128 Å². The van der Waals surface area contributed by atoms with Crippen LogP contribution in [0.5, 0.6) is 0 Å². The van der Waals surface area contributed by atoms with E-state index in [0.29, 0.717) is 22.9 Å². The van der Waals surface area contributed by atoms with Crippen molar-refractivity contribution in [3.63, 3.8) is 0 Å². The van der Waals surface area contributed by atoms with Crippen molar-refractivity contribution in [3.05, 3.63) is 43.0 Å². The summed E-state index contributed by atoms with van der Waals surface area (Å²) in [5.41, 5.74) is 6.39. The lowest BCUT2D eigenvalue weighted by atomic mass is 10.1. The molecule has 10 nitrogen and oxygen atoms in total. The number of imidazole rings is 1. The van der Waals surface area contributed by atoms with E-state index in [1.54, 1.807) is 18.6 Å². The van der Waals surface area contributed by atoms with Crippen molar-refractivity contribution in [1.82, 2.24) is 35.1 Å². The molecule has 36 heavy (non-hydrogen) atoms. The maximum absolute atomic E-state index is 12.1. The van der Waals surface area contributed by atoms with Gasteiger partial charge in [0.1, 0.15) is 11.2 Å². The number of rotatable bonds is 5. The first-order valence-electron chi connectivity index (χ1n) is 12.3. The molecule has 0 unspecified atom stereocenters. The molecule has 5 aromatic rings. The van der Waals surface area contributed by atoms with Gasteiger partial charge < -0.3 is 15.2 Å². The predicted molar refractivity (Wildman–Crippen MR) is 140 cm³/mol. The summed E-state index contributed by atoms with van der Waals surface area (Å²) in [6.45, 7) is 5.79. The predicted octanol–water partition coefficient (Wildman–Crippen LogP) is 4.54. The van der Waals surface area contributed by atoms with Gasteiger partial charge in [0.15, 0.2) is 11.5 Å². The van der Waals surface area contributed by atoms with Gasteiger partial charge in [-0.3, -0.25) is 19.9 Å². The fourth-order valence-electron chi connectivity index (χ4n) is 4.60. The van der Waals surface area contributed by atoms with Gasteiger partial charge in [0.25, 0.3) is 0 Å². The van der Waals surface area contributed by atoms with Crippen molar-refractivity contribution in [2.45, 2.75) is 33.1 Å². The second-order valence-electron chi connectivity index (χ2n) is 9.46. The summed E-state index contributed by atoms with van der Waals surface area (Å²) >= 11 is 0. The first-order chi connectivity index (χ1) is 17.6. The van der Waals surface area contributed by atoms with Gasteiger partial charge in [-0.15, -0.1) is 0 Å². The molecule has 0 spiro atoms. The van der Waals surface area contributed by atoms with Gasteiger partial charge in [-0.05, 0) is 37.5 Å². The van der Waals surface area contributed by atoms with Crippen LogP contribution in [-0.4, -0.2) is 54.1 Å². The summed E-state index contributed by atoms with van der Waals surface area (Å²) in [5, 5.41) is 11.4. The van der Waals surface area contributed by atoms with Crippen molar-refractivity contribution >= 4 is 39.3 Å². The number of nitrogens with one attached hydrogen (secondary N) is 3. The molecule has 1 aliphatic rings. The zero-order chi connectivity index (χ0) is 24.6. The van der Waals surface area contributed by atoms with Gasteiger partial charge in [0.05, 0.1) is 35.0 Å². The van der Waals surface area contributed by atoms with Crippen LogP contribution < -0.4 is 10.2 Å². The van der Waals surface area contributed by atoms with E-state index >= 15 is 0 Å². The number of nitrogens with zero attached hydrogens (tertiary/aromatic N) is 6. The van der Waals surface area contributed by atoms with Gasteiger partial charge in [-0.2, -0.15) is 5.10 Å². The summed E-state index contributed by atoms with van der Waals surface area (Å²) < 4.78 is 0. The molecule has 0 aliphatic carbocycles. The minimum absolute atomic E-state index is 0.0584. The quantitative estimate of drug-likeness (QED) is 0.336. The molecule has 6 heterocycles. The number of piperidine rings is 1. The van der Waals surface area contributed by atoms with E-state index in [1.165, 1.54) is 19.3 Å². The van der Waals surface area contributed by atoms with Crippen LogP contribution in [0.15, 0.2) is 43.0 Å². The number of aromatic amines is 2. The molecule has 10 heteroatoms. The number of hydrogen-bond donors (Lipinski definition) is 3. The number of carbonyl (C=O) groups is 1. The molecule has 0 aromatic carbocycles. The molecule has 1 aliphatic heterocycles. The smallest absolute Gasteiger partial charge is 0.226 e. The summed E-state index contributed by atoms with van der Waals surface area (Å²) in [7, 11) is 0. The minimum Gasteiger partial charge on any atom is -0.370 e. The van der Waals surface area contributed by atoms with E-state index in [2.05, 4.69) is 46.4 Å². The number of fused-ring (bicyclic) bond motifs is 2. The van der Waals surface area contributed by atoms with Gasteiger partial charge in [0.2, 0.25) is 5.91 Å². The number of pyridine rings is 3. The van der Waals surface area contributed by atoms with E-state index in [0.717, 1.165) is 46.5 Å². The number of H-pyrrole nitrogens is 2. The second kappa shape index (κ2) is 9.03. The van der Waals surface area contributed by atoms with Gasteiger partial charge >= 0.3 is 0 Å². The van der Waals surface area contributed by atoms with Gasteiger partial charge in [-0.1, -0.05) is 13.8 Å². The third kappa shape index (κ3) is 4.04. The van der Waals surface area contributed by atoms with Crippen LogP contribution in [0.3, 0.4) is 0 Å². The van der Waals surface area contributed by atoms with Crippen LogP contribution in [-0.2, 0) is 4.79 Å². The summed E-state index contributed by atoms with van der Waals surface area (Å²) in [5.74, 6) is 0.476. The lowest BCUT2D eigenvalue weighted by molar-refractivity contribution is -0.118. The summed E-state index contributed by atoms with van der Waals surface area (Å²) in [4.78, 5) is 36.1. The molecule has 0 atom stereocenters. The van der Waals surface area contributed by atoms with E-state index in [-0.39, 0.29) is 11.8 Å². The molecule has 5 aromatic heterocycles. The number of hydrogen-bond acceptors (Lipinski definition) is 7. The fourth-order valence-corrected chi connectivity index (χ4v) is 4.60. The maximum atomic E-state index is 12.1. The minimum atomic E-state index is -0.120. The Morgan fingerprint density at radius 3 is 2.78 bits per heavy atom. The highest BCUT2D eigenvalue weighted by molar-refractivity contribution is 5.96. The van der Waals surface area contributed by atoms with E-state index in [9.17, 15) is 4.79 Å². The van der Waals surface area contributed by atoms with Crippen LogP contribution in [0.4, 0.5) is 11.4 Å². The molecule has 0 bridgehead atoms. The lowest BCUT2D eigenvalue weighted by Gasteiger charge is -2.28. The third-order valence-electron chi connectivity index (χ3n) is 6.56.